The predicted octanol–water partition coefficient (Wildman–Crippen LogP) is 2.35. The second kappa shape index (κ2) is 8.63. The highest BCUT2D eigenvalue weighted by Crippen LogP contribution is 2.08. The van der Waals surface area contributed by atoms with Crippen LogP contribution in [0.2, 0.25) is 0 Å². The van der Waals surface area contributed by atoms with Gasteiger partial charge in [-0.05, 0) is 54.3 Å². The van der Waals surface area contributed by atoms with E-state index in [0.29, 0.717) is 13.1 Å². The van der Waals surface area contributed by atoms with E-state index in [1.807, 2.05) is 41.2 Å². The van der Waals surface area contributed by atoms with Gasteiger partial charge in [-0.15, -0.1) is 0 Å². The van der Waals surface area contributed by atoms with E-state index in [-0.39, 0.29) is 6.03 Å². The zero-order chi connectivity index (χ0) is 17.3. The van der Waals surface area contributed by atoms with Crippen molar-refractivity contribution in [3.05, 3.63) is 78.4 Å². The summed E-state index contributed by atoms with van der Waals surface area (Å²) in [6, 6.07) is 13.8. The Morgan fingerprint density at radius 3 is 2.12 bits per heavy atom. The number of benzene rings is 1. The zero-order valence-corrected chi connectivity index (χ0v) is 13.9. The number of aromatic nitrogens is 3. The van der Waals surface area contributed by atoms with E-state index in [1.54, 1.807) is 18.6 Å². The van der Waals surface area contributed by atoms with Gasteiger partial charge in [0.05, 0.1) is 5.69 Å². The fourth-order valence-electron chi connectivity index (χ4n) is 2.49. The highest BCUT2D eigenvalue weighted by atomic mass is 16.2. The Morgan fingerprint density at radius 1 is 0.880 bits per heavy atom. The molecule has 0 saturated carbocycles. The third kappa shape index (κ3) is 5.17. The minimum absolute atomic E-state index is 0.137. The lowest BCUT2D eigenvalue weighted by Crippen LogP contribution is -2.37. The highest BCUT2D eigenvalue weighted by Gasteiger charge is 2.01. The molecule has 2 N–H and O–H groups in total. The van der Waals surface area contributed by atoms with Crippen molar-refractivity contribution in [1.82, 2.24) is 25.4 Å². The molecule has 0 spiro atoms. The van der Waals surface area contributed by atoms with E-state index in [1.165, 1.54) is 5.56 Å². The predicted molar refractivity (Wildman–Crippen MR) is 96.6 cm³/mol. The SMILES string of the molecule is O=C(NCCc1ccncc1)NCCc1ccc(-n2cccn2)cc1. The molecular weight excluding hydrogens is 314 g/mol. The third-order valence-corrected chi connectivity index (χ3v) is 3.85. The second-order valence-electron chi connectivity index (χ2n) is 5.66. The summed E-state index contributed by atoms with van der Waals surface area (Å²) in [6.07, 6.45) is 8.76. The molecule has 2 aromatic heterocycles. The first-order chi connectivity index (χ1) is 12.3. The first-order valence-electron chi connectivity index (χ1n) is 8.31. The van der Waals surface area contributed by atoms with Gasteiger partial charge in [0.15, 0.2) is 0 Å². The lowest BCUT2D eigenvalue weighted by Gasteiger charge is -2.08. The molecular formula is C19H21N5O. The maximum Gasteiger partial charge on any atom is 0.314 e. The molecule has 1 aromatic carbocycles. The Labute approximate surface area is 146 Å². The molecule has 0 atom stereocenters. The van der Waals surface area contributed by atoms with E-state index >= 15 is 0 Å². The summed E-state index contributed by atoms with van der Waals surface area (Å²) in [5, 5.41) is 9.94. The number of carbonyl (C=O) groups is 1. The number of pyridine rings is 1. The van der Waals surface area contributed by atoms with E-state index in [0.717, 1.165) is 24.1 Å². The molecule has 0 saturated heterocycles. The first kappa shape index (κ1) is 16.7. The van der Waals surface area contributed by atoms with Crippen molar-refractivity contribution in [2.24, 2.45) is 0 Å². The molecule has 0 aliphatic heterocycles. The molecule has 128 valence electrons. The zero-order valence-electron chi connectivity index (χ0n) is 13.9. The fraction of sp³-hybridized carbons (Fsp3) is 0.211. The van der Waals surface area contributed by atoms with Gasteiger partial charge in [0.2, 0.25) is 0 Å². The Morgan fingerprint density at radius 2 is 1.52 bits per heavy atom. The van der Waals surface area contributed by atoms with Gasteiger partial charge in [0.25, 0.3) is 0 Å². The van der Waals surface area contributed by atoms with E-state index < -0.39 is 0 Å². The number of urea groups is 1. The quantitative estimate of drug-likeness (QED) is 0.696. The van der Waals surface area contributed by atoms with Gasteiger partial charge in [0, 0.05) is 37.9 Å². The number of hydrogen-bond donors (Lipinski definition) is 2. The average molecular weight is 335 g/mol. The molecule has 0 fully saturated rings. The molecule has 0 bridgehead atoms. The Kier molecular flexibility index (Phi) is 5.77. The summed E-state index contributed by atoms with van der Waals surface area (Å²) in [6.45, 7) is 1.20. The van der Waals surface area contributed by atoms with Crippen LogP contribution in [0.5, 0.6) is 0 Å². The van der Waals surface area contributed by atoms with Crippen molar-refractivity contribution in [3.8, 4) is 5.69 Å². The number of nitrogens with one attached hydrogen (secondary N) is 2. The molecule has 0 aliphatic rings. The molecule has 2 heterocycles. The van der Waals surface area contributed by atoms with Crippen molar-refractivity contribution in [3.63, 3.8) is 0 Å². The van der Waals surface area contributed by atoms with Gasteiger partial charge in [-0.25, -0.2) is 9.48 Å². The van der Waals surface area contributed by atoms with Crippen LogP contribution in [0.4, 0.5) is 4.79 Å². The van der Waals surface area contributed by atoms with Crippen LogP contribution < -0.4 is 10.6 Å². The number of hydrogen-bond acceptors (Lipinski definition) is 3. The molecule has 0 aliphatic carbocycles. The van der Waals surface area contributed by atoms with E-state index in [2.05, 4.69) is 32.8 Å². The molecule has 6 nitrogen and oxygen atoms in total. The van der Waals surface area contributed by atoms with Crippen molar-refractivity contribution in [2.45, 2.75) is 12.8 Å². The largest absolute Gasteiger partial charge is 0.338 e. The van der Waals surface area contributed by atoms with Crippen molar-refractivity contribution in [2.75, 3.05) is 13.1 Å². The number of amides is 2. The van der Waals surface area contributed by atoms with Gasteiger partial charge < -0.3 is 10.6 Å². The first-order valence-corrected chi connectivity index (χ1v) is 8.31. The fourth-order valence-corrected chi connectivity index (χ4v) is 2.49. The van der Waals surface area contributed by atoms with Crippen LogP contribution in [0.3, 0.4) is 0 Å². The van der Waals surface area contributed by atoms with Crippen molar-refractivity contribution < 1.29 is 4.79 Å². The maximum atomic E-state index is 11.8. The molecule has 2 amide bonds. The normalized spacial score (nSPS) is 10.4. The lowest BCUT2D eigenvalue weighted by molar-refractivity contribution is 0.241. The van der Waals surface area contributed by atoms with Gasteiger partial charge in [0.1, 0.15) is 0 Å². The van der Waals surface area contributed by atoms with Crippen LogP contribution in [0, 0.1) is 0 Å². The summed E-state index contributed by atoms with van der Waals surface area (Å²) in [4.78, 5) is 15.8. The summed E-state index contributed by atoms with van der Waals surface area (Å²) in [5.74, 6) is 0. The molecule has 0 radical (unpaired) electrons. The number of carbonyl (C=O) groups excluding carboxylic acids is 1. The van der Waals surface area contributed by atoms with Crippen LogP contribution in [-0.4, -0.2) is 33.9 Å². The van der Waals surface area contributed by atoms with Crippen LogP contribution in [0.15, 0.2) is 67.3 Å². The minimum Gasteiger partial charge on any atom is -0.338 e. The molecule has 3 aromatic rings. The topological polar surface area (TPSA) is 71.8 Å². The second-order valence-corrected chi connectivity index (χ2v) is 5.66. The summed E-state index contributed by atoms with van der Waals surface area (Å²) in [7, 11) is 0. The summed E-state index contributed by atoms with van der Waals surface area (Å²) >= 11 is 0. The van der Waals surface area contributed by atoms with Gasteiger partial charge in [-0.3, -0.25) is 4.98 Å². The standard InChI is InChI=1S/C19H21N5O/c25-19(22-14-9-17-6-11-20-12-7-17)21-13-8-16-2-4-18(5-3-16)24-15-1-10-23-24/h1-7,10-12,15H,8-9,13-14H2,(H2,21,22,25). The van der Waals surface area contributed by atoms with Crippen molar-refractivity contribution >= 4 is 6.03 Å². The third-order valence-electron chi connectivity index (χ3n) is 3.85. The lowest BCUT2D eigenvalue weighted by atomic mass is 10.1. The summed E-state index contributed by atoms with van der Waals surface area (Å²) < 4.78 is 1.82. The number of nitrogens with zero attached hydrogens (tertiary/aromatic N) is 3. The van der Waals surface area contributed by atoms with Crippen LogP contribution in [0.25, 0.3) is 5.69 Å². The molecule has 6 heteroatoms. The van der Waals surface area contributed by atoms with Gasteiger partial charge in [-0.1, -0.05) is 12.1 Å². The maximum absolute atomic E-state index is 11.8. The Bertz CT molecular complexity index is 769. The Hall–Kier alpha value is -3.15. The molecule has 3 rings (SSSR count). The van der Waals surface area contributed by atoms with Gasteiger partial charge in [-0.2, -0.15) is 5.10 Å². The molecule has 25 heavy (non-hydrogen) atoms. The number of rotatable bonds is 7. The highest BCUT2D eigenvalue weighted by molar-refractivity contribution is 5.73. The monoisotopic (exact) mass is 335 g/mol. The average Bonchev–Trinajstić information content (AvgIpc) is 3.18. The van der Waals surface area contributed by atoms with Crippen LogP contribution >= 0.6 is 0 Å². The van der Waals surface area contributed by atoms with E-state index in [9.17, 15) is 4.79 Å². The summed E-state index contributed by atoms with van der Waals surface area (Å²) in [5.41, 5.74) is 3.36. The van der Waals surface area contributed by atoms with Gasteiger partial charge >= 0.3 is 6.03 Å². The van der Waals surface area contributed by atoms with Crippen molar-refractivity contribution in [1.29, 1.82) is 0 Å². The minimum atomic E-state index is -0.137. The van der Waals surface area contributed by atoms with Crippen LogP contribution in [-0.2, 0) is 12.8 Å². The smallest absolute Gasteiger partial charge is 0.314 e. The van der Waals surface area contributed by atoms with Crippen LogP contribution in [0.1, 0.15) is 11.1 Å². The van der Waals surface area contributed by atoms with E-state index in [4.69, 9.17) is 0 Å². The Balaban J connectivity index is 1.35. The molecule has 0 unspecified atom stereocenters.